The molecule has 0 aromatic carbocycles. The molecule has 4 rings (SSSR count). The third kappa shape index (κ3) is 3.81. The summed E-state index contributed by atoms with van der Waals surface area (Å²) in [7, 11) is 0. The molecular weight excluding hydrogens is 368 g/mol. The maximum Gasteiger partial charge on any atom is 0.0622 e. The molecule has 4 fully saturated rings. The minimum atomic E-state index is -0.422. The summed E-state index contributed by atoms with van der Waals surface area (Å²) in [4.78, 5) is 0. The van der Waals surface area contributed by atoms with Crippen LogP contribution >= 0.6 is 0 Å². The lowest BCUT2D eigenvalue weighted by Gasteiger charge is -2.62. The standard InChI is InChI=1S/C28H50O2/c1-18(2)25(29)12-7-19(3)22-10-11-23-21-9-8-20-17-26(4,30)15-16-27(20,5)24(21)13-14-28(22,23)6/h18-25,29-30H,7-17H2,1-6H3/t19-,20?,21+,22-,23+,24+,25+,26+,27+,28-/m1/s1. The van der Waals surface area contributed by atoms with E-state index in [2.05, 4.69) is 41.5 Å². The fourth-order valence-corrected chi connectivity index (χ4v) is 9.37. The lowest BCUT2D eigenvalue weighted by Crippen LogP contribution is -2.55. The van der Waals surface area contributed by atoms with Gasteiger partial charge < -0.3 is 10.2 Å². The monoisotopic (exact) mass is 418 g/mol. The normalized spacial score (nSPS) is 50.5. The molecule has 0 saturated heterocycles. The second-order valence-corrected chi connectivity index (χ2v) is 13.5. The lowest BCUT2D eigenvalue weighted by molar-refractivity contribution is -0.148. The maximum absolute atomic E-state index is 10.7. The van der Waals surface area contributed by atoms with Gasteiger partial charge >= 0.3 is 0 Å². The highest BCUT2D eigenvalue weighted by Gasteiger charge is 2.61. The van der Waals surface area contributed by atoms with Crippen molar-refractivity contribution in [1.82, 2.24) is 0 Å². The van der Waals surface area contributed by atoms with Crippen LogP contribution in [0.3, 0.4) is 0 Å². The van der Waals surface area contributed by atoms with E-state index < -0.39 is 5.60 Å². The van der Waals surface area contributed by atoms with Crippen LogP contribution in [0, 0.1) is 52.3 Å². The van der Waals surface area contributed by atoms with Crippen molar-refractivity contribution in [2.75, 3.05) is 0 Å². The van der Waals surface area contributed by atoms with Gasteiger partial charge in [0.25, 0.3) is 0 Å². The van der Waals surface area contributed by atoms with Crippen molar-refractivity contribution in [2.24, 2.45) is 52.3 Å². The molecule has 4 aliphatic carbocycles. The molecule has 4 aliphatic rings. The molecule has 0 bridgehead atoms. The van der Waals surface area contributed by atoms with Crippen molar-refractivity contribution in [1.29, 1.82) is 0 Å². The van der Waals surface area contributed by atoms with Crippen LogP contribution in [0.4, 0.5) is 0 Å². The Kier molecular flexibility index (Phi) is 6.20. The Morgan fingerprint density at radius 2 is 1.50 bits per heavy atom. The van der Waals surface area contributed by atoms with Crippen molar-refractivity contribution in [3.63, 3.8) is 0 Å². The summed E-state index contributed by atoms with van der Waals surface area (Å²) < 4.78 is 0. The summed E-state index contributed by atoms with van der Waals surface area (Å²) in [5.74, 6) is 5.43. The largest absolute Gasteiger partial charge is 0.393 e. The van der Waals surface area contributed by atoms with E-state index in [1.54, 1.807) is 0 Å². The smallest absolute Gasteiger partial charge is 0.0622 e. The topological polar surface area (TPSA) is 40.5 Å². The van der Waals surface area contributed by atoms with Gasteiger partial charge in [0.2, 0.25) is 0 Å². The minimum Gasteiger partial charge on any atom is -0.393 e. The van der Waals surface area contributed by atoms with E-state index in [0.717, 1.165) is 54.8 Å². The van der Waals surface area contributed by atoms with E-state index >= 15 is 0 Å². The Morgan fingerprint density at radius 3 is 2.20 bits per heavy atom. The minimum absolute atomic E-state index is 0.132. The summed E-state index contributed by atoms with van der Waals surface area (Å²) >= 11 is 0. The molecule has 1 unspecified atom stereocenters. The van der Waals surface area contributed by atoms with Crippen molar-refractivity contribution >= 4 is 0 Å². The average molecular weight is 419 g/mol. The van der Waals surface area contributed by atoms with E-state index in [1.807, 2.05) is 0 Å². The van der Waals surface area contributed by atoms with Crippen LogP contribution in [0.15, 0.2) is 0 Å². The van der Waals surface area contributed by atoms with Gasteiger partial charge in [0.15, 0.2) is 0 Å². The number of aliphatic hydroxyl groups is 2. The quantitative estimate of drug-likeness (QED) is 0.513. The Hall–Kier alpha value is -0.0800. The van der Waals surface area contributed by atoms with Gasteiger partial charge in [0.1, 0.15) is 0 Å². The molecule has 0 aromatic heterocycles. The first kappa shape index (κ1) is 23.1. The molecular formula is C28H50O2. The molecule has 30 heavy (non-hydrogen) atoms. The molecule has 4 saturated carbocycles. The number of aliphatic hydroxyl groups excluding tert-OH is 1. The van der Waals surface area contributed by atoms with Crippen LogP contribution in [0.1, 0.15) is 112 Å². The maximum atomic E-state index is 10.7. The molecule has 2 heteroatoms. The molecule has 174 valence electrons. The van der Waals surface area contributed by atoms with Crippen LogP contribution in [-0.4, -0.2) is 21.9 Å². The molecule has 2 nitrogen and oxygen atoms in total. The van der Waals surface area contributed by atoms with E-state index in [0.29, 0.717) is 16.7 Å². The van der Waals surface area contributed by atoms with Crippen molar-refractivity contribution in [3.05, 3.63) is 0 Å². The van der Waals surface area contributed by atoms with Gasteiger partial charge in [-0.1, -0.05) is 34.6 Å². The van der Waals surface area contributed by atoms with Gasteiger partial charge in [-0.05, 0) is 130 Å². The van der Waals surface area contributed by atoms with Gasteiger partial charge in [0, 0.05) is 0 Å². The Balaban J connectivity index is 1.46. The van der Waals surface area contributed by atoms with Gasteiger partial charge in [-0.15, -0.1) is 0 Å². The Labute approximate surface area is 186 Å². The van der Waals surface area contributed by atoms with Crippen LogP contribution < -0.4 is 0 Å². The third-order valence-electron chi connectivity index (χ3n) is 11.4. The molecule has 0 aliphatic heterocycles. The molecule has 0 radical (unpaired) electrons. The summed E-state index contributed by atoms with van der Waals surface area (Å²) in [5.41, 5.74) is 0.568. The fourth-order valence-electron chi connectivity index (χ4n) is 9.37. The van der Waals surface area contributed by atoms with E-state index in [9.17, 15) is 10.2 Å². The summed E-state index contributed by atoms with van der Waals surface area (Å²) in [6, 6.07) is 0. The molecule has 0 amide bonds. The van der Waals surface area contributed by atoms with Gasteiger partial charge in [-0.3, -0.25) is 0 Å². The SMILES string of the molecule is CC(C)[C@@H](O)CC[C@@H](C)[C@H]1CC[C@H]2[C@@H]3CCC4C[C@@](C)(O)CC[C@]4(C)[C@H]3CC[C@]12C. The summed E-state index contributed by atoms with van der Waals surface area (Å²) in [6.45, 7) is 14.1. The van der Waals surface area contributed by atoms with E-state index in [4.69, 9.17) is 0 Å². The second kappa shape index (κ2) is 8.05. The van der Waals surface area contributed by atoms with Gasteiger partial charge in [-0.2, -0.15) is 0 Å². The van der Waals surface area contributed by atoms with Crippen molar-refractivity contribution < 1.29 is 10.2 Å². The number of rotatable bonds is 5. The Morgan fingerprint density at radius 1 is 0.800 bits per heavy atom. The first-order valence-electron chi connectivity index (χ1n) is 13.4. The molecule has 0 heterocycles. The van der Waals surface area contributed by atoms with Crippen LogP contribution in [0.2, 0.25) is 0 Å². The summed E-state index contributed by atoms with van der Waals surface area (Å²) in [6.07, 6.45) is 13.8. The highest BCUT2D eigenvalue weighted by atomic mass is 16.3. The third-order valence-corrected chi connectivity index (χ3v) is 11.4. The Bertz CT molecular complexity index is 612. The average Bonchev–Trinajstić information content (AvgIpc) is 3.03. The number of fused-ring (bicyclic) bond motifs is 5. The van der Waals surface area contributed by atoms with Gasteiger partial charge in [-0.25, -0.2) is 0 Å². The highest BCUT2D eigenvalue weighted by molar-refractivity contribution is 5.10. The number of hydrogen-bond donors (Lipinski definition) is 2. The van der Waals surface area contributed by atoms with E-state index in [1.165, 1.54) is 51.4 Å². The molecule has 10 atom stereocenters. The fraction of sp³-hybridized carbons (Fsp3) is 1.00. The zero-order valence-electron chi connectivity index (χ0n) is 20.8. The first-order valence-corrected chi connectivity index (χ1v) is 13.4. The zero-order valence-corrected chi connectivity index (χ0v) is 20.8. The van der Waals surface area contributed by atoms with E-state index in [-0.39, 0.29) is 6.10 Å². The lowest BCUT2D eigenvalue weighted by atomic mass is 9.43. The predicted molar refractivity (Wildman–Crippen MR) is 125 cm³/mol. The molecule has 0 spiro atoms. The number of hydrogen-bond acceptors (Lipinski definition) is 2. The molecule has 0 aromatic rings. The second-order valence-electron chi connectivity index (χ2n) is 13.5. The van der Waals surface area contributed by atoms with Crippen LogP contribution in [0.25, 0.3) is 0 Å². The van der Waals surface area contributed by atoms with Crippen molar-refractivity contribution in [3.8, 4) is 0 Å². The van der Waals surface area contributed by atoms with Crippen LogP contribution in [0.5, 0.6) is 0 Å². The van der Waals surface area contributed by atoms with Gasteiger partial charge in [0.05, 0.1) is 11.7 Å². The zero-order chi connectivity index (χ0) is 21.9. The highest BCUT2D eigenvalue weighted by Crippen LogP contribution is 2.68. The summed E-state index contributed by atoms with van der Waals surface area (Å²) in [5, 5.41) is 21.0. The molecule has 2 N–H and O–H groups in total. The van der Waals surface area contributed by atoms with Crippen molar-refractivity contribution in [2.45, 2.75) is 124 Å². The van der Waals surface area contributed by atoms with Crippen LogP contribution in [-0.2, 0) is 0 Å². The predicted octanol–water partition coefficient (Wildman–Crippen LogP) is 6.83. The first-order chi connectivity index (χ1) is 14.0.